The molecule has 31 heavy (non-hydrogen) atoms. The summed E-state index contributed by atoms with van der Waals surface area (Å²) in [6, 6.07) is 10.3. The number of para-hydroxylation sites is 1. The fourth-order valence-electron chi connectivity index (χ4n) is 4.52. The summed E-state index contributed by atoms with van der Waals surface area (Å²) in [6.45, 7) is 8.47. The number of carbonyl (C=O) groups is 2. The van der Waals surface area contributed by atoms with Gasteiger partial charge in [0, 0.05) is 36.0 Å². The van der Waals surface area contributed by atoms with Gasteiger partial charge in [-0.25, -0.2) is 0 Å². The van der Waals surface area contributed by atoms with Crippen molar-refractivity contribution in [2.75, 3.05) is 18.5 Å². The molecule has 2 heterocycles. The number of carbonyl (C=O) groups excluding carboxylic acids is 2. The second-order valence-electron chi connectivity index (χ2n) is 8.77. The highest BCUT2D eigenvalue weighted by molar-refractivity contribution is 6.18. The van der Waals surface area contributed by atoms with Crippen LogP contribution in [-0.4, -0.2) is 30.3 Å². The molecule has 0 radical (unpaired) electrons. The van der Waals surface area contributed by atoms with E-state index in [9.17, 15) is 14.9 Å². The lowest BCUT2D eigenvalue weighted by molar-refractivity contribution is -0.140. The zero-order valence-electron chi connectivity index (χ0n) is 19.2. The third-order valence-corrected chi connectivity index (χ3v) is 6.41. The summed E-state index contributed by atoms with van der Waals surface area (Å²) in [6.07, 6.45) is 7.58. The van der Waals surface area contributed by atoms with Crippen molar-refractivity contribution in [1.82, 2.24) is 4.90 Å². The van der Waals surface area contributed by atoms with Gasteiger partial charge >= 0.3 is 0 Å². The van der Waals surface area contributed by atoms with Crippen molar-refractivity contribution in [3.63, 3.8) is 0 Å². The number of nitrogens with zero attached hydrogens (tertiary/aromatic N) is 3. The van der Waals surface area contributed by atoms with Crippen LogP contribution >= 0.6 is 0 Å². The van der Waals surface area contributed by atoms with E-state index < -0.39 is 5.91 Å². The Morgan fingerprint density at radius 2 is 1.77 bits per heavy atom. The number of unbranched alkanes of at least 4 members (excludes halogenated alkanes) is 3. The van der Waals surface area contributed by atoms with Crippen LogP contribution in [0.2, 0.25) is 0 Å². The number of hydrogen-bond acceptors (Lipinski definition) is 4. The molecule has 0 fully saturated rings. The van der Waals surface area contributed by atoms with E-state index in [0.717, 1.165) is 37.1 Å². The molecule has 0 atom stereocenters. The summed E-state index contributed by atoms with van der Waals surface area (Å²) in [7, 11) is 2.02. The van der Waals surface area contributed by atoms with Gasteiger partial charge in [0.1, 0.15) is 11.6 Å². The van der Waals surface area contributed by atoms with Crippen LogP contribution in [0, 0.1) is 11.3 Å². The number of fused-ring (bicyclic) bond motifs is 1. The molecular weight excluding hydrogens is 386 g/mol. The molecule has 0 aromatic heterocycles. The molecule has 0 N–H and O–H groups in total. The Hall–Kier alpha value is -3.13. The first-order chi connectivity index (χ1) is 14.8. The SMILES string of the molecule is CCCCCCN1C(=O)C(C#N)=C(C)/C(=C/C=C2/N(C)c3ccccc3C2(C)C)C1=O. The predicted molar refractivity (Wildman–Crippen MR) is 123 cm³/mol. The van der Waals surface area contributed by atoms with Crippen LogP contribution in [0.1, 0.15) is 58.9 Å². The van der Waals surface area contributed by atoms with E-state index >= 15 is 0 Å². The first-order valence-corrected chi connectivity index (χ1v) is 11.0. The molecule has 1 aromatic rings. The Morgan fingerprint density at radius 3 is 2.42 bits per heavy atom. The number of nitriles is 1. The summed E-state index contributed by atoms with van der Waals surface area (Å²) in [4.78, 5) is 29.3. The maximum absolute atomic E-state index is 13.2. The minimum Gasteiger partial charge on any atom is -0.347 e. The molecule has 0 saturated heterocycles. The molecule has 0 aliphatic carbocycles. The highest BCUT2D eigenvalue weighted by Crippen LogP contribution is 2.46. The molecule has 0 saturated carbocycles. The van der Waals surface area contributed by atoms with Crippen molar-refractivity contribution < 1.29 is 9.59 Å². The Labute approximate surface area is 185 Å². The van der Waals surface area contributed by atoms with E-state index in [1.165, 1.54) is 10.5 Å². The number of imide groups is 1. The van der Waals surface area contributed by atoms with Gasteiger partial charge in [-0.1, -0.05) is 58.2 Å². The number of hydrogen-bond donors (Lipinski definition) is 0. The largest absolute Gasteiger partial charge is 0.347 e. The van der Waals surface area contributed by atoms with E-state index in [2.05, 4.69) is 37.8 Å². The quantitative estimate of drug-likeness (QED) is 0.371. The van der Waals surface area contributed by atoms with E-state index in [-0.39, 0.29) is 16.9 Å². The molecule has 3 rings (SSSR count). The standard InChI is InChI=1S/C26H31N3O2/c1-6-7-8-11-16-29-24(30)19(18(2)20(17-27)25(29)31)14-15-23-26(3,4)21-12-9-10-13-22(21)28(23)5/h9-10,12-15H,6-8,11,16H2,1-5H3/b19-14-,23-15+. The van der Waals surface area contributed by atoms with Gasteiger partial charge in [0.15, 0.2) is 0 Å². The number of rotatable bonds is 6. The zero-order valence-corrected chi connectivity index (χ0v) is 19.2. The summed E-state index contributed by atoms with van der Waals surface area (Å²) < 4.78 is 0. The molecule has 0 bridgehead atoms. The van der Waals surface area contributed by atoms with Crippen LogP contribution in [0.15, 0.2) is 58.8 Å². The van der Waals surface area contributed by atoms with Gasteiger partial charge in [-0.3, -0.25) is 14.5 Å². The smallest absolute Gasteiger partial charge is 0.271 e. The van der Waals surface area contributed by atoms with Gasteiger partial charge in [0.05, 0.1) is 0 Å². The van der Waals surface area contributed by atoms with Crippen LogP contribution in [0.5, 0.6) is 0 Å². The molecule has 162 valence electrons. The minimum absolute atomic E-state index is 0.0575. The highest BCUT2D eigenvalue weighted by atomic mass is 16.2. The molecule has 1 aromatic carbocycles. The lowest BCUT2D eigenvalue weighted by Gasteiger charge is -2.28. The van der Waals surface area contributed by atoms with Gasteiger partial charge in [-0.05, 0) is 42.7 Å². The van der Waals surface area contributed by atoms with Gasteiger partial charge < -0.3 is 4.90 Å². The second-order valence-corrected chi connectivity index (χ2v) is 8.77. The lowest BCUT2D eigenvalue weighted by atomic mass is 9.83. The molecular formula is C26H31N3O2. The van der Waals surface area contributed by atoms with Crippen molar-refractivity contribution in [2.45, 2.75) is 58.8 Å². The molecule has 0 spiro atoms. The molecule has 5 heteroatoms. The summed E-state index contributed by atoms with van der Waals surface area (Å²) in [5.74, 6) is -0.789. The Bertz CT molecular complexity index is 1040. The number of likely N-dealkylation sites (N-methyl/N-ethyl adjacent to an activating group) is 1. The van der Waals surface area contributed by atoms with Gasteiger partial charge in [0.2, 0.25) is 0 Å². The van der Waals surface area contributed by atoms with Gasteiger partial charge in [-0.15, -0.1) is 0 Å². The van der Waals surface area contributed by atoms with Gasteiger partial charge in [-0.2, -0.15) is 5.26 Å². The van der Waals surface area contributed by atoms with Crippen molar-refractivity contribution >= 4 is 17.5 Å². The summed E-state index contributed by atoms with van der Waals surface area (Å²) >= 11 is 0. The first-order valence-electron chi connectivity index (χ1n) is 11.0. The van der Waals surface area contributed by atoms with Crippen LogP contribution in [0.4, 0.5) is 5.69 Å². The number of anilines is 1. The second kappa shape index (κ2) is 8.93. The average molecular weight is 418 g/mol. The van der Waals surface area contributed by atoms with Crippen molar-refractivity contribution in [2.24, 2.45) is 0 Å². The minimum atomic E-state index is -0.475. The average Bonchev–Trinajstić information content (AvgIpc) is 2.94. The van der Waals surface area contributed by atoms with E-state index in [0.29, 0.717) is 17.7 Å². The lowest BCUT2D eigenvalue weighted by Crippen LogP contribution is -2.43. The Balaban J connectivity index is 1.99. The zero-order chi connectivity index (χ0) is 22.8. The number of amides is 2. The molecule has 2 amide bonds. The maximum atomic E-state index is 13.2. The Morgan fingerprint density at radius 1 is 1.06 bits per heavy atom. The first kappa shape index (κ1) is 22.6. The van der Waals surface area contributed by atoms with Crippen LogP contribution in [0.25, 0.3) is 0 Å². The van der Waals surface area contributed by atoms with Crippen LogP contribution < -0.4 is 4.90 Å². The van der Waals surface area contributed by atoms with E-state index in [1.807, 2.05) is 31.3 Å². The molecule has 0 unspecified atom stereocenters. The van der Waals surface area contributed by atoms with Crippen molar-refractivity contribution in [1.29, 1.82) is 5.26 Å². The summed E-state index contributed by atoms with van der Waals surface area (Å²) in [5.41, 5.74) is 4.15. The van der Waals surface area contributed by atoms with Crippen molar-refractivity contribution in [3.05, 3.63) is 64.4 Å². The summed E-state index contributed by atoms with van der Waals surface area (Å²) in [5, 5.41) is 9.57. The fourth-order valence-corrected chi connectivity index (χ4v) is 4.52. The molecule has 5 nitrogen and oxygen atoms in total. The van der Waals surface area contributed by atoms with Crippen molar-refractivity contribution in [3.8, 4) is 6.07 Å². The molecule has 2 aliphatic rings. The predicted octanol–water partition coefficient (Wildman–Crippen LogP) is 5.01. The normalized spacial score (nSPS) is 20.6. The monoisotopic (exact) mass is 417 g/mol. The fraction of sp³-hybridized carbons (Fsp3) is 0.423. The highest BCUT2D eigenvalue weighted by Gasteiger charge is 2.38. The Kier molecular flexibility index (Phi) is 6.50. The van der Waals surface area contributed by atoms with Gasteiger partial charge in [0.25, 0.3) is 11.8 Å². The third-order valence-electron chi connectivity index (χ3n) is 6.41. The maximum Gasteiger partial charge on any atom is 0.271 e. The number of allylic oxidation sites excluding steroid dienone is 3. The topological polar surface area (TPSA) is 64.4 Å². The van der Waals surface area contributed by atoms with Crippen LogP contribution in [0.3, 0.4) is 0 Å². The third kappa shape index (κ3) is 3.95. The number of benzene rings is 1. The van der Waals surface area contributed by atoms with E-state index in [4.69, 9.17) is 0 Å². The van der Waals surface area contributed by atoms with Crippen LogP contribution in [-0.2, 0) is 15.0 Å². The molecule has 2 aliphatic heterocycles. The van der Waals surface area contributed by atoms with E-state index in [1.54, 1.807) is 13.0 Å².